The van der Waals surface area contributed by atoms with Gasteiger partial charge in [0.05, 0.1) is 24.6 Å². The molecule has 0 aliphatic heterocycles. The van der Waals surface area contributed by atoms with Gasteiger partial charge in [-0.25, -0.2) is 4.79 Å². The number of hydrogen-bond donors (Lipinski definition) is 0. The molecule has 0 N–H and O–H groups in total. The molecule has 0 saturated carbocycles. The second kappa shape index (κ2) is 21.5. The Balaban J connectivity index is 3.59. The fourth-order valence-electron chi connectivity index (χ4n) is 4.42. The predicted molar refractivity (Wildman–Crippen MR) is 143 cm³/mol. The quantitative estimate of drug-likeness (QED) is 0.0663. The summed E-state index contributed by atoms with van der Waals surface area (Å²) in [7, 11) is -0.940. The minimum absolute atomic E-state index is 0.229. The average molecular weight is 456 g/mol. The van der Waals surface area contributed by atoms with Crippen molar-refractivity contribution in [1.29, 1.82) is 0 Å². The second-order valence-corrected chi connectivity index (χ2v) is 14.5. The van der Waals surface area contributed by atoms with Gasteiger partial charge in [0.1, 0.15) is 6.61 Å². The zero-order chi connectivity index (χ0) is 23.2. The molecule has 0 aromatic heterocycles. The lowest BCUT2D eigenvalue weighted by molar-refractivity contribution is -0.138. The molecule has 0 aromatic rings. The average Bonchev–Trinajstić information content (AvgIpc) is 2.77. The Morgan fingerprint density at radius 3 is 1.39 bits per heavy atom. The molecule has 0 atom stereocenters. The summed E-state index contributed by atoms with van der Waals surface area (Å²) in [5, 5.41) is 0. The van der Waals surface area contributed by atoms with Crippen LogP contribution in [-0.4, -0.2) is 37.2 Å². The van der Waals surface area contributed by atoms with Crippen molar-refractivity contribution < 1.29 is 9.53 Å². The lowest BCUT2D eigenvalue weighted by Crippen LogP contribution is -2.16. The molecule has 0 unspecified atom stereocenters. The van der Waals surface area contributed by atoms with E-state index in [-0.39, 0.29) is 5.97 Å². The number of unbranched alkanes of at least 4 members (excludes halogenated alkanes) is 15. The van der Waals surface area contributed by atoms with Gasteiger partial charge < -0.3 is 4.74 Å². The van der Waals surface area contributed by atoms with Crippen LogP contribution in [0.1, 0.15) is 130 Å². The van der Waals surface area contributed by atoms with E-state index in [1.54, 1.807) is 6.92 Å². The normalized spacial score (nSPS) is 11.6. The van der Waals surface area contributed by atoms with Crippen LogP contribution in [0.3, 0.4) is 0 Å². The van der Waals surface area contributed by atoms with Gasteiger partial charge in [0.2, 0.25) is 0 Å². The molecule has 0 saturated heterocycles. The van der Waals surface area contributed by atoms with Gasteiger partial charge in [-0.2, -0.15) is 0 Å². The molecular weight excluding hydrogens is 399 g/mol. The molecule has 0 aromatic carbocycles. The van der Waals surface area contributed by atoms with Gasteiger partial charge in [0, 0.05) is 12.8 Å². The van der Waals surface area contributed by atoms with Crippen LogP contribution in [0.2, 0.25) is 0 Å². The van der Waals surface area contributed by atoms with Crippen LogP contribution in [0.15, 0.2) is 12.2 Å². The van der Waals surface area contributed by atoms with Crippen molar-refractivity contribution in [3.63, 3.8) is 0 Å². The molecule has 0 aliphatic rings. The monoisotopic (exact) mass is 455 g/mol. The predicted octanol–water partition coefficient (Wildman–Crippen LogP) is 9.42. The summed E-state index contributed by atoms with van der Waals surface area (Å²) in [5.74, 6) is -0.229. The van der Waals surface area contributed by atoms with Gasteiger partial charge in [-0.1, -0.05) is 103 Å². The molecule has 0 aliphatic carbocycles. The summed E-state index contributed by atoms with van der Waals surface area (Å²) in [4.78, 5) is 11.6. The van der Waals surface area contributed by atoms with Crippen molar-refractivity contribution in [1.82, 2.24) is 0 Å². The summed E-state index contributed by atoms with van der Waals surface area (Å²) in [6.45, 7) is 12.9. The van der Waals surface area contributed by atoms with Gasteiger partial charge in [0.15, 0.2) is 0 Å². The Hall–Kier alpha value is -0.360. The molecule has 0 amide bonds. The second-order valence-electron chi connectivity index (χ2n) is 9.64. The third-order valence-electron chi connectivity index (χ3n) is 6.97. The van der Waals surface area contributed by atoms with E-state index in [0.717, 1.165) is 6.16 Å². The highest BCUT2D eigenvalue weighted by molar-refractivity contribution is 7.75. The molecule has 2 nitrogen and oxygen atoms in total. The number of carbonyl (C=O) groups excluding carboxylic acids is 1. The first-order chi connectivity index (χ1) is 15.0. The van der Waals surface area contributed by atoms with E-state index in [0.29, 0.717) is 12.2 Å². The van der Waals surface area contributed by atoms with Crippen LogP contribution >= 0.6 is 7.26 Å². The van der Waals surface area contributed by atoms with Crippen molar-refractivity contribution in [2.75, 3.05) is 31.3 Å². The van der Waals surface area contributed by atoms with Crippen LogP contribution in [0.25, 0.3) is 0 Å². The Morgan fingerprint density at radius 2 is 1.03 bits per heavy atom. The van der Waals surface area contributed by atoms with E-state index < -0.39 is 7.26 Å². The zero-order valence-electron chi connectivity index (χ0n) is 21.8. The summed E-state index contributed by atoms with van der Waals surface area (Å²) in [5.41, 5.74) is 0.509. The van der Waals surface area contributed by atoms with Crippen LogP contribution in [0, 0.1) is 0 Å². The highest BCUT2D eigenvalue weighted by Crippen LogP contribution is 2.58. The maximum Gasteiger partial charge on any atom is 0.333 e. The van der Waals surface area contributed by atoms with Gasteiger partial charge in [0.25, 0.3) is 0 Å². The number of carbonyl (C=O) groups is 1. The minimum Gasteiger partial charge on any atom is -0.458 e. The molecule has 31 heavy (non-hydrogen) atoms. The SMILES string of the molecule is C=C(C)C(=O)OCC[P+](CC)(CC)CCCCCCCCCCCCCCCCCC. The lowest BCUT2D eigenvalue weighted by Gasteiger charge is -2.25. The van der Waals surface area contributed by atoms with E-state index in [2.05, 4.69) is 27.4 Å². The van der Waals surface area contributed by atoms with E-state index in [9.17, 15) is 4.79 Å². The van der Waals surface area contributed by atoms with Crippen LogP contribution in [0.4, 0.5) is 0 Å². The maximum atomic E-state index is 11.6. The standard InChI is InChI=1S/C28H56O2P/c1-6-9-10-11-12-13-14-15-16-17-18-19-20-21-22-23-25-31(7-2,8-3)26-24-30-28(29)27(4)5/h4,6-26H2,1-3,5H3/q+1. The topological polar surface area (TPSA) is 26.3 Å². The Kier molecular flexibility index (Phi) is 21.2. The van der Waals surface area contributed by atoms with E-state index >= 15 is 0 Å². The number of hydrogen-bond acceptors (Lipinski definition) is 2. The first-order valence-electron chi connectivity index (χ1n) is 13.7. The molecule has 0 radical (unpaired) electrons. The third kappa shape index (κ3) is 17.8. The van der Waals surface area contributed by atoms with Gasteiger partial charge >= 0.3 is 5.97 Å². The van der Waals surface area contributed by atoms with Gasteiger partial charge in [-0.15, -0.1) is 0 Å². The number of rotatable bonds is 23. The lowest BCUT2D eigenvalue weighted by atomic mass is 10.0. The minimum atomic E-state index is -0.940. The smallest absolute Gasteiger partial charge is 0.333 e. The first kappa shape index (κ1) is 30.6. The van der Waals surface area contributed by atoms with Crippen molar-refractivity contribution in [3.8, 4) is 0 Å². The third-order valence-corrected chi connectivity index (χ3v) is 12.1. The van der Waals surface area contributed by atoms with Crippen molar-refractivity contribution in [2.24, 2.45) is 0 Å². The molecule has 0 bridgehead atoms. The van der Waals surface area contributed by atoms with E-state index in [1.165, 1.54) is 121 Å². The highest BCUT2D eigenvalue weighted by Gasteiger charge is 2.32. The largest absolute Gasteiger partial charge is 0.458 e. The Morgan fingerprint density at radius 1 is 0.645 bits per heavy atom. The Bertz CT molecular complexity index is 429. The molecule has 0 fully saturated rings. The summed E-state index contributed by atoms with van der Waals surface area (Å²) in [6.07, 6.45) is 27.9. The summed E-state index contributed by atoms with van der Waals surface area (Å²) in [6, 6.07) is 0. The van der Waals surface area contributed by atoms with E-state index in [1.807, 2.05) is 0 Å². The Labute approximate surface area is 196 Å². The molecule has 0 heterocycles. The van der Waals surface area contributed by atoms with Crippen molar-refractivity contribution in [2.45, 2.75) is 130 Å². The van der Waals surface area contributed by atoms with Crippen molar-refractivity contribution >= 4 is 13.2 Å². The molecular formula is C28H56O2P+. The number of esters is 1. The number of ether oxygens (including phenoxy) is 1. The van der Waals surface area contributed by atoms with Gasteiger partial charge in [-0.05, 0) is 33.6 Å². The maximum absolute atomic E-state index is 11.6. The van der Waals surface area contributed by atoms with Crippen LogP contribution < -0.4 is 0 Å². The van der Waals surface area contributed by atoms with Crippen LogP contribution in [0.5, 0.6) is 0 Å². The van der Waals surface area contributed by atoms with Crippen molar-refractivity contribution in [3.05, 3.63) is 12.2 Å². The fraction of sp³-hybridized carbons (Fsp3) is 0.893. The van der Waals surface area contributed by atoms with Gasteiger partial charge in [-0.3, -0.25) is 0 Å². The molecule has 3 heteroatoms. The summed E-state index contributed by atoms with van der Waals surface area (Å²) >= 11 is 0. The highest BCUT2D eigenvalue weighted by atomic mass is 31.2. The first-order valence-corrected chi connectivity index (χ1v) is 16.2. The molecule has 0 rings (SSSR count). The molecule has 184 valence electrons. The fourth-order valence-corrected chi connectivity index (χ4v) is 7.73. The van der Waals surface area contributed by atoms with Crippen LogP contribution in [-0.2, 0) is 9.53 Å². The summed E-state index contributed by atoms with van der Waals surface area (Å²) < 4.78 is 5.38. The zero-order valence-corrected chi connectivity index (χ0v) is 22.7. The molecule has 0 spiro atoms. The van der Waals surface area contributed by atoms with E-state index in [4.69, 9.17) is 4.74 Å².